The summed E-state index contributed by atoms with van der Waals surface area (Å²) in [5.41, 5.74) is 7.18. The minimum Gasteiger partial charge on any atom is -0.373 e. The number of nitrogens with zero attached hydrogens (tertiary/aromatic N) is 1. The zero-order chi connectivity index (χ0) is 19.3. The highest BCUT2D eigenvalue weighted by atomic mass is 16.5. The van der Waals surface area contributed by atoms with Gasteiger partial charge >= 0.3 is 0 Å². The van der Waals surface area contributed by atoms with Crippen LogP contribution in [-0.2, 0) is 9.53 Å². The summed E-state index contributed by atoms with van der Waals surface area (Å²) in [6.07, 6.45) is 6.38. The van der Waals surface area contributed by atoms with Crippen LogP contribution in [0.5, 0.6) is 0 Å². The molecule has 1 amide bonds. The minimum absolute atomic E-state index is 0.0452. The molecule has 3 N–H and O–H groups in total. The van der Waals surface area contributed by atoms with Gasteiger partial charge in [-0.1, -0.05) is 49.6 Å². The zero-order valence-corrected chi connectivity index (χ0v) is 16.9. The van der Waals surface area contributed by atoms with Crippen molar-refractivity contribution in [3.63, 3.8) is 0 Å². The Morgan fingerprint density at radius 2 is 1.93 bits per heavy atom. The topological polar surface area (TPSA) is 67.6 Å². The van der Waals surface area contributed by atoms with Gasteiger partial charge in [-0.05, 0) is 32.3 Å². The maximum atomic E-state index is 12.6. The van der Waals surface area contributed by atoms with E-state index in [0.29, 0.717) is 13.0 Å². The number of amides is 1. The first-order valence-corrected chi connectivity index (χ1v) is 10.4. The standard InChI is InChI=1S/C22H35N3O2/c1-21(2)17-25(13-14-27-21)22(11-7-4-8-12-22)16-24-20(26)15-19(23)18-9-5-3-6-10-18/h3,5-6,9-10,19H,4,7-8,11-17,23H2,1-2H3,(H,24,26). The largest absolute Gasteiger partial charge is 0.373 e. The van der Waals surface area contributed by atoms with Crippen molar-refractivity contribution < 1.29 is 9.53 Å². The highest BCUT2D eigenvalue weighted by molar-refractivity contribution is 5.76. The quantitative estimate of drug-likeness (QED) is 0.804. The van der Waals surface area contributed by atoms with Gasteiger partial charge < -0.3 is 15.8 Å². The van der Waals surface area contributed by atoms with E-state index in [9.17, 15) is 4.79 Å². The number of nitrogens with one attached hydrogen (secondary N) is 1. The molecule has 0 spiro atoms. The first kappa shape index (κ1) is 20.3. The van der Waals surface area contributed by atoms with Gasteiger partial charge in [-0.3, -0.25) is 9.69 Å². The number of benzene rings is 1. The van der Waals surface area contributed by atoms with Crippen LogP contribution >= 0.6 is 0 Å². The Labute approximate surface area is 163 Å². The van der Waals surface area contributed by atoms with E-state index in [1.165, 1.54) is 19.3 Å². The summed E-state index contributed by atoms with van der Waals surface area (Å²) < 4.78 is 5.91. The third kappa shape index (κ3) is 5.31. The molecular formula is C22H35N3O2. The Bertz CT molecular complexity index is 611. The highest BCUT2D eigenvalue weighted by Gasteiger charge is 2.42. The molecule has 5 heteroatoms. The Morgan fingerprint density at radius 1 is 1.22 bits per heavy atom. The number of carbonyl (C=O) groups is 1. The number of nitrogens with two attached hydrogens (primary N) is 1. The Morgan fingerprint density at radius 3 is 2.59 bits per heavy atom. The van der Waals surface area contributed by atoms with E-state index in [1.54, 1.807) is 0 Å². The van der Waals surface area contributed by atoms with Gasteiger partial charge in [0.15, 0.2) is 0 Å². The van der Waals surface area contributed by atoms with E-state index in [1.807, 2.05) is 30.3 Å². The fraction of sp³-hybridized carbons (Fsp3) is 0.682. The predicted molar refractivity (Wildman–Crippen MR) is 108 cm³/mol. The van der Waals surface area contributed by atoms with Crippen LogP contribution in [-0.4, -0.2) is 48.2 Å². The fourth-order valence-electron chi connectivity index (χ4n) is 4.59. The molecule has 1 aromatic carbocycles. The van der Waals surface area contributed by atoms with Crippen LogP contribution in [0.1, 0.15) is 64.0 Å². The number of morpholine rings is 1. The van der Waals surface area contributed by atoms with Gasteiger partial charge in [0.2, 0.25) is 5.91 Å². The number of hydrogen-bond acceptors (Lipinski definition) is 4. The van der Waals surface area contributed by atoms with Gasteiger partial charge in [0, 0.05) is 37.6 Å². The number of carbonyl (C=O) groups excluding carboxylic acids is 1. The molecule has 1 saturated heterocycles. The highest BCUT2D eigenvalue weighted by Crippen LogP contribution is 2.36. The second kappa shape index (κ2) is 8.72. The second-order valence-electron chi connectivity index (χ2n) is 8.81. The first-order valence-electron chi connectivity index (χ1n) is 10.4. The Kier molecular flexibility index (Phi) is 6.56. The van der Waals surface area contributed by atoms with Gasteiger partial charge in [-0.25, -0.2) is 0 Å². The lowest BCUT2D eigenvalue weighted by Crippen LogP contribution is -2.63. The monoisotopic (exact) mass is 373 g/mol. The van der Waals surface area contributed by atoms with Crippen LogP contribution in [0.3, 0.4) is 0 Å². The van der Waals surface area contributed by atoms with Crippen LogP contribution in [0.25, 0.3) is 0 Å². The summed E-state index contributed by atoms with van der Waals surface area (Å²) >= 11 is 0. The van der Waals surface area contributed by atoms with Crippen LogP contribution in [0.15, 0.2) is 30.3 Å². The van der Waals surface area contributed by atoms with Crippen molar-refractivity contribution in [2.75, 3.05) is 26.2 Å². The SMILES string of the molecule is CC1(C)CN(C2(CNC(=O)CC(N)c3ccccc3)CCCCC2)CCO1. The van der Waals surface area contributed by atoms with Crippen LogP contribution in [0.2, 0.25) is 0 Å². The third-order valence-corrected chi connectivity index (χ3v) is 6.13. The van der Waals surface area contributed by atoms with E-state index in [-0.39, 0.29) is 23.1 Å². The molecule has 1 aliphatic carbocycles. The molecule has 1 aliphatic heterocycles. The van der Waals surface area contributed by atoms with E-state index in [0.717, 1.165) is 38.1 Å². The smallest absolute Gasteiger partial charge is 0.221 e. The van der Waals surface area contributed by atoms with Crippen molar-refractivity contribution in [3.8, 4) is 0 Å². The van der Waals surface area contributed by atoms with Crippen molar-refractivity contribution in [2.24, 2.45) is 5.73 Å². The van der Waals surface area contributed by atoms with Crippen LogP contribution in [0, 0.1) is 0 Å². The second-order valence-corrected chi connectivity index (χ2v) is 8.81. The lowest BCUT2D eigenvalue weighted by atomic mass is 9.79. The van der Waals surface area contributed by atoms with Crippen LogP contribution < -0.4 is 11.1 Å². The average Bonchev–Trinajstić information content (AvgIpc) is 2.67. The van der Waals surface area contributed by atoms with Crippen molar-refractivity contribution in [2.45, 2.75) is 69.6 Å². The third-order valence-electron chi connectivity index (χ3n) is 6.13. The Hall–Kier alpha value is -1.43. The first-order chi connectivity index (χ1) is 12.9. The molecule has 1 saturated carbocycles. The van der Waals surface area contributed by atoms with Gasteiger partial charge in [0.25, 0.3) is 0 Å². The number of rotatable bonds is 6. The fourth-order valence-corrected chi connectivity index (χ4v) is 4.59. The molecule has 3 rings (SSSR count). The molecule has 1 aromatic rings. The summed E-state index contributed by atoms with van der Waals surface area (Å²) in [6.45, 7) is 7.67. The summed E-state index contributed by atoms with van der Waals surface area (Å²) in [7, 11) is 0. The van der Waals surface area contributed by atoms with Gasteiger partial charge in [-0.15, -0.1) is 0 Å². The van der Waals surface area contributed by atoms with Crippen molar-refractivity contribution in [3.05, 3.63) is 35.9 Å². The number of hydrogen-bond donors (Lipinski definition) is 2. The summed E-state index contributed by atoms with van der Waals surface area (Å²) in [4.78, 5) is 15.2. The molecule has 1 unspecified atom stereocenters. The summed E-state index contributed by atoms with van der Waals surface area (Å²) in [5, 5.41) is 3.22. The molecule has 1 atom stereocenters. The van der Waals surface area contributed by atoms with E-state index < -0.39 is 0 Å². The van der Waals surface area contributed by atoms with Crippen molar-refractivity contribution >= 4 is 5.91 Å². The Balaban J connectivity index is 1.60. The maximum absolute atomic E-state index is 12.6. The molecule has 5 nitrogen and oxygen atoms in total. The van der Waals surface area contributed by atoms with Gasteiger partial charge in [0.1, 0.15) is 0 Å². The molecule has 0 radical (unpaired) electrons. The average molecular weight is 374 g/mol. The molecule has 150 valence electrons. The molecule has 0 bridgehead atoms. The normalized spacial score (nSPS) is 23.5. The lowest BCUT2D eigenvalue weighted by molar-refractivity contribution is -0.129. The summed E-state index contributed by atoms with van der Waals surface area (Å²) in [5.74, 6) is 0.0452. The molecule has 1 heterocycles. The van der Waals surface area contributed by atoms with Crippen LogP contribution in [0.4, 0.5) is 0 Å². The van der Waals surface area contributed by atoms with Gasteiger partial charge in [-0.2, -0.15) is 0 Å². The minimum atomic E-state index is -0.254. The van der Waals surface area contributed by atoms with E-state index in [2.05, 4.69) is 24.1 Å². The maximum Gasteiger partial charge on any atom is 0.221 e. The van der Waals surface area contributed by atoms with E-state index >= 15 is 0 Å². The summed E-state index contributed by atoms with van der Waals surface area (Å²) in [6, 6.07) is 9.60. The molecule has 0 aromatic heterocycles. The van der Waals surface area contributed by atoms with E-state index in [4.69, 9.17) is 10.5 Å². The molecule has 27 heavy (non-hydrogen) atoms. The zero-order valence-electron chi connectivity index (χ0n) is 16.9. The molecule has 2 fully saturated rings. The van der Waals surface area contributed by atoms with Gasteiger partial charge in [0.05, 0.1) is 12.2 Å². The molecule has 2 aliphatic rings. The van der Waals surface area contributed by atoms with Crippen molar-refractivity contribution in [1.82, 2.24) is 10.2 Å². The predicted octanol–water partition coefficient (Wildman–Crippen LogP) is 3.01. The lowest BCUT2D eigenvalue weighted by Gasteiger charge is -2.51. The van der Waals surface area contributed by atoms with Crippen molar-refractivity contribution in [1.29, 1.82) is 0 Å². The molecular weight excluding hydrogens is 338 g/mol. The number of ether oxygens (including phenoxy) is 1.